The number of nitrogens with zero attached hydrogens (tertiary/aromatic N) is 3. The van der Waals surface area contributed by atoms with Gasteiger partial charge >= 0.3 is 6.03 Å². The number of rotatable bonds is 9. The molecule has 1 atom stereocenters. The second-order valence-electron chi connectivity index (χ2n) is 7.52. The van der Waals surface area contributed by atoms with E-state index in [9.17, 15) is 13.2 Å². The van der Waals surface area contributed by atoms with Crippen LogP contribution in [0.3, 0.4) is 0 Å². The summed E-state index contributed by atoms with van der Waals surface area (Å²) in [5.41, 5.74) is 3.46. The maximum atomic E-state index is 12.5. The van der Waals surface area contributed by atoms with E-state index < -0.39 is 10.0 Å². The minimum Gasteiger partial charge on any atom is -0.311 e. The zero-order valence-corrected chi connectivity index (χ0v) is 18.1. The zero-order valence-electron chi connectivity index (χ0n) is 17.3. The molecule has 0 spiro atoms. The predicted molar refractivity (Wildman–Crippen MR) is 122 cm³/mol. The fourth-order valence-corrected chi connectivity index (χ4v) is 4.57. The summed E-state index contributed by atoms with van der Waals surface area (Å²) in [6, 6.07) is 21.9. The molecular weight excluding hydrogens is 426 g/mol. The van der Waals surface area contributed by atoms with Gasteiger partial charge in [-0.2, -0.15) is 5.11 Å². The second kappa shape index (κ2) is 9.69. The Morgan fingerprint density at radius 1 is 0.906 bits per heavy atom. The molecule has 2 N–H and O–H groups in total. The van der Waals surface area contributed by atoms with Crippen LogP contribution in [0.25, 0.3) is 11.3 Å². The molecule has 1 aliphatic rings. The Labute approximate surface area is 186 Å². The summed E-state index contributed by atoms with van der Waals surface area (Å²) in [5, 5.41) is 10.0. The molecule has 1 aliphatic heterocycles. The number of benzene rings is 2. The Kier molecular flexibility index (Phi) is 6.55. The van der Waals surface area contributed by atoms with Crippen LogP contribution in [0.5, 0.6) is 0 Å². The van der Waals surface area contributed by atoms with Gasteiger partial charge in [-0.05, 0) is 42.5 Å². The van der Waals surface area contributed by atoms with E-state index >= 15 is 0 Å². The number of anilines is 1. The molecule has 0 saturated carbocycles. The van der Waals surface area contributed by atoms with Crippen LogP contribution in [0.15, 0.2) is 83.0 Å². The van der Waals surface area contributed by atoms with E-state index in [1.54, 1.807) is 24.3 Å². The summed E-state index contributed by atoms with van der Waals surface area (Å²) in [7, 11) is -3.57. The average Bonchev–Trinajstić information content (AvgIpc) is 3.19. The molecule has 2 amide bonds. The number of carbonyl (C=O) groups is 1. The Hall–Kier alpha value is -3.59. The van der Waals surface area contributed by atoms with Crippen LogP contribution in [0, 0.1) is 0 Å². The van der Waals surface area contributed by atoms with Crippen molar-refractivity contribution < 1.29 is 13.2 Å². The van der Waals surface area contributed by atoms with Crippen molar-refractivity contribution in [2.75, 3.05) is 4.72 Å². The molecule has 2 heterocycles. The fourth-order valence-electron chi connectivity index (χ4n) is 3.44. The van der Waals surface area contributed by atoms with Gasteiger partial charge in [-0.15, -0.1) is 0 Å². The third-order valence-corrected chi connectivity index (χ3v) is 6.21. The summed E-state index contributed by atoms with van der Waals surface area (Å²) in [5.74, 6) is 0.177. The lowest BCUT2D eigenvalue weighted by molar-refractivity contribution is 0.250. The topological polar surface area (TPSA) is 113 Å². The van der Waals surface area contributed by atoms with Crippen LogP contribution in [0.4, 0.5) is 10.6 Å². The largest absolute Gasteiger partial charge is 0.361 e. The SMILES string of the molecule is O=C1N=NC(CCCc2ccc(-c3cccc(NS(=O)(=O)Cc4ccccc4)n3)cc2)N1. The zero-order chi connectivity index (χ0) is 22.4. The van der Waals surface area contributed by atoms with Crippen molar-refractivity contribution in [3.8, 4) is 11.3 Å². The number of sulfonamides is 1. The highest BCUT2D eigenvalue weighted by Gasteiger charge is 2.16. The first-order valence-electron chi connectivity index (χ1n) is 10.3. The van der Waals surface area contributed by atoms with Crippen molar-refractivity contribution in [3.63, 3.8) is 0 Å². The van der Waals surface area contributed by atoms with E-state index in [0.717, 1.165) is 30.4 Å². The average molecular weight is 450 g/mol. The summed E-state index contributed by atoms with van der Waals surface area (Å²) >= 11 is 0. The molecule has 3 aromatic rings. The number of nitrogens with one attached hydrogen (secondary N) is 2. The van der Waals surface area contributed by atoms with E-state index in [1.807, 2.05) is 48.5 Å². The molecule has 0 bridgehead atoms. The van der Waals surface area contributed by atoms with Crippen molar-refractivity contribution in [1.29, 1.82) is 0 Å². The van der Waals surface area contributed by atoms with E-state index in [1.165, 1.54) is 0 Å². The lowest BCUT2D eigenvalue weighted by Gasteiger charge is -2.10. The van der Waals surface area contributed by atoms with Gasteiger partial charge < -0.3 is 5.32 Å². The third-order valence-electron chi connectivity index (χ3n) is 4.98. The normalized spacial score (nSPS) is 15.5. The van der Waals surface area contributed by atoms with Gasteiger partial charge in [-0.1, -0.05) is 65.8 Å². The van der Waals surface area contributed by atoms with Gasteiger partial charge in [0.2, 0.25) is 10.0 Å². The highest BCUT2D eigenvalue weighted by Crippen LogP contribution is 2.21. The molecule has 4 rings (SSSR count). The Balaban J connectivity index is 1.36. The monoisotopic (exact) mass is 449 g/mol. The van der Waals surface area contributed by atoms with Gasteiger partial charge in [0.1, 0.15) is 12.0 Å². The van der Waals surface area contributed by atoms with E-state index in [0.29, 0.717) is 11.3 Å². The number of hydrogen-bond acceptors (Lipinski definition) is 5. The van der Waals surface area contributed by atoms with Gasteiger partial charge in [0, 0.05) is 5.56 Å². The Morgan fingerprint density at radius 3 is 2.41 bits per heavy atom. The van der Waals surface area contributed by atoms with Crippen molar-refractivity contribution in [2.24, 2.45) is 10.2 Å². The number of hydrogen-bond donors (Lipinski definition) is 2. The van der Waals surface area contributed by atoms with Gasteiger partial charge in [-0.25, -0.2) is 18.2 Å². The molecule has 32 heavy (non-hydrogen) atoms. The van der Waals surface area contributed by atoms with Crippen LogP contribution in [-0.4, -0.2) is 25.6 Å². The van der Waals surface area contributed by atoms with Crippen LogP contribution in [0.1, 0.15) is 24.0 Å². The number of aryl methyl sites for hydroxylation is 1. The van der Waals surface area contributed by atoms with Gasteiger partial charge in [-0.3, -0.25) is 4.72 Å². The number of aromatic nitrogens is 1. The van der Waals surface area contributed by atoms with Crippen LogP contribution >= 0.6 is 0 Å². The maximum absolute atomic E-state index is 12.5. The first-order valence-corrected chi connectivity index (χ1v) is 11.9. The van der Waals surface area contributed by atoms with Crippen LogP contribution < -0.4 is 10.0 Å². The minimum absolute atomic E-state index is 0.111. The predicted octanol–water partition coefficient (Wildman–Crippen LogP) is 4.51. The van der Waals surface area contributed by atoms with Gasteiger partial charge in [0.05, 0.1) is 11.4 Å². The molecule has 1 aromatic heterocycles. The first kappa shape index (κ1) is 21.6. The molecule has 2 aromatic carbocycles. The van der Waals surface area contributed by atoms with Gasteiger partial charge in [0.15, 0.2) is 0 Å². The molecule has 0 saturated heterocycles. The number of amides is 2. The highest BCUT2D eigenvalue weighted by atomic mass is 32.2. The standard InChI is InChI=1S/C23H23N5O3S/c29-23-25-21(26-27-23)10-4-8-17-12-14-19(15-13-17)20-9-5-11-22(24-20)28-32(30,31)16-18-6-2-1-3-7-18/h1-3,5-7,9,11-15,21H,4,8,10,16H2,(H,24,28)(H,25,29). The van der Waals surface area contributed by atoms with Crippen molar-refractivity contribution >= 4 is 21.9 Å². The quantitative estimate of drug-likeness (QED) is 0.500. The summed E-state index contributed by atoms with van der Waals surface area (Å²) in [4.78, 5) is 15.5. The van der Waals surface area contributed by atoms with Crippen molar-refractivity contribution in [1.82, 2.24) is 10.3 Å². The summed E-state index contributed by atoms with van der Waals surface area (Å²) in [6.45, 7) is 0. The van der Waals surface area contributed by atoms with Gasteiger partial charge in [0.25, 0.3) is 0 Å². The third kappa shape index (κ3) is 5.98. The summed E-state index contributed by atoms with van der Waals surface area (Å²) in [6.07, 6.45) is 2.25. The summed E-state index contributed by atoms with van der Waals surface area (Å²) < 4.78 is 27.5. The second-order valence-corrected chi connectivity index (χ2v) is 9.25. The molecule has 1 unspecified atom stereocenters. The molecule has 0 aliphatic carbocycles. The van der Waals surface area contributed by atoms with Crippen LogP contribution in [0.2, 0.25) is 0 Å². The van der Waals surface area contributed by atoms with E-state index in [2.05, 4.69) is 25.3 Å². The molecular formula is C23H23N5O3S. The number of carbonyl (C=O) groups excluding carboxylic acids is 1. The highest BCUT2D eigenvalue weighted by molar-refractivity contribution is 7.91. The minimum atomic E-state index is -3.57. The smallest absolute Gasteiger partial charge is 0.311 e. The van der Waals surface area contributed by atoms with Crippen molar-refractivity contribution in [3.05, 3.63) is 83.9 Å². The maximum Gasteiger partial charge on any atom is 0.361 e. The number of urea groups is 1. The van der Waals surface area contributed by atoms with E-state index in [4.69, 9.17) is 0 Å². The molecule has 9 heteroatoms. The Bertz CT molecular complexity index is 1210. The lowest BCUT2D eigenvalue weighted by Crippen LogP contribution is -2.25. The van der Waals surface area contributed by atoms with Crippen LogP contribution in [-0.2, 0) is 22.2 Å². The fraction of sp³-hybridized carbons (Fsp3) is 0.217. The molecule has 164 valence electrons. The molecule has 0 fully saturated rings. The molecule has 0 radical (unpaired) electrons. The Morgan fingerprint density at radius 2 is 1.69 bits per heavy atom. The first-order chi connectivity index (χ1) is 15.5. The lowest BCUT2D eigenvalue weighted by atomic mass is 10.0. The molecule has 8 nitrogen and oxygen atoms in total. The number of azo groups is 1. The van der Waals surface area contributed by atoms with Crippen molar-refractivity contribution in [2.45, 2.75) is 31.2 Å². The van der Waals surface area contributed by atoms with E-state index in [-0.39, 0.29) is 23.8 Å². The number of pyridine rings is 1.